The molecule has 1 fully saturated rings. The van der Waals surface area contributed by atoms with E-state index in [1.165, 1.54) is 0 Å². The summed E-state index contributed by atoms with van der Waals surface area (Å²) < 4.78 is 7.49. The molecule has 0 aromatic carbocycles. The van der Waals surface area contributed by atoms with Crippen LogP contribution in [0.5, 0.6) is 0 Å². The maximum Gasteiger partial charge on any atom is 0.273 e. The summed E-state index contributed by atoms with van der Waals surface area (Å²) in [5.74, 6) is 0.266. The van der Waals surface area contributed by atoms with Crippen molar-refractivity contribution in [3.8, 4) is 0 Å². The third-order valence-electron chi connectivity index (χ3n) is 3.37. The van der Waals surface area contributed by atoms with Gasteiger partial charge in [-0.05, 0) is 26.2 Å². The smallest absolute Gasteiger partial charge is 0.273 e. The number of nitrogens with one attached hydrogen (secondary N) is 1. The Hall–Kier alpha value is -1.73. The SMILES string of the molecule is C/C=N\c1c(C(=O)NCCC)ncn1[C@H]1CCC(CO)O1. The van der Waals surface area contributed by atoms with E-state index in [-0.39, 0.29) is 24.8 Å². The number of carbonyl (C=O) groups is 1. The normalized spacial score (nSPS) is 22.0. The predicted molar refractivity (Wildman–Crippen MR) is 78.9 cm³/mol. The fraction of sp³-hybridized carbons (Fsp3) is 0.643. The Morgan fingerprint density at radius 2 is 2.48 bits per heavy atom. The number of aliphatic hydroxyl groups excluding tert-OH is 1. The van der Waals surface area contributed by atoms with Gasteiger partial charge in [0, 0.05) is 12.8 Å². The van der Waals surface area contributed by atoms with Gasteiger partial charge in [-0.25, -0.2) is 9.98 Å². The first-order valence-electron chi connectivity index (χ1n) is 7.31. The van der Waals surface area contributed by atoms with Crippen LogP contribution in [-0.2, 0) is 4.74 Å². The molecule has 1 unspecified atom stereocenters. The van der Waals surface area contributed by atoms with Gasteiger partial charge in [-0.15, -0.1) is 0 Å². The lowest BCUT2D eigenvalue weighted by atomic mass is 10.2. The molecular weight excluding hydrogens is 272 g/mol. The van der Waals surface area contributed by atoms with Crippen molar-refractivity contribution in [1.29, 1.82) is 0 Å². The molecule has 0 spiro atoms. The van der Waals surface area contributed by atoms with Gasteiger partial charge < -0.3 is 15.2 Å². The zero-order chi connectivity index (χ0) is 15.2. The first-order chi connectivity index (χ1) is 10.2. The highest BCUT2D eigenvalue weighted by molar-refractivity contribution is 5.96. The number of hydrogen-bond acceptors (Lipinski definition) is 5. The number of imidazole rings is 1. The second-order valence-electron chi connectivity index (χ2n) is 4.94. The highest BCUT2D eigenvalue weighted by Gasteiger charge is 2.29. The minimum atomic E-state index is -0.235. The number of hydrogen-bond donors (Lipinski definition) is 2. The van der Waals surface area contributed by atoms with Crippen molar-refractivity contribution in [2.45, 2.75) is 45.4 Å². The van der Waals surface area contributed by atoms with E-state index in [0.717, 1.165) is 19.3 Å². The number of rotatable bonds is 6. The molecule has 0 saturated carbocycles. The summed E-state index contributed by atoms with van der Waals surface area (Å²) in [6.45, 7) is 4.39. The lowest BCUT2D eigenvalue weighted by Crippen LogP contribution is -2.24. The molecule has 2 heterocycles. The molecule has 0 aliphatic carbocycles. The van der Waals surface area contributed by atoms with Gasteiger partial charge in [-0.3, -0.25) is 9.36 Å². The monoisotopic (exact) mass is 294 g/mol. The third kappa shape index (κ3) is 3.48. The molecule has 1 aliphatic rings. The van der Waals surface area contributed by atoms with E-state index in [0.29, 0.717) is 18.1 Å². The summed E-state index contributed by atoms with van der Waals surface area (Å²) in [5.41, 5.74) is 0.303. The number of amides is 1. The van der Waals surface area contributed by atoms with Gasteiger partial charge in [-0.1, -0.05) is 6.92 Å². The molecule has 116 valence electrons. The molecule has 0 radical (unpaired) electrons. The van der Waals surface area contributed by atoms with Crippen molar-refractivity contribution >= 4 is 17.9 Å². The largest absolute Gasteiger partial charge is 0.394 e. The van der Waals surface area contributed by atoms with Crippen LogP contribution >= 0.6 is 0 Å². The fourth-order valence-corrected chi connectivity index (χ4v) is 2.32. The Labute approximate surface area is 124 Å². The molecule has 1 saturated heterocycles. The van der Waals surface area contributed by atoms with Crippen molar-refractivity contribution < 1.29 is 14.6 Å². The summed E-state index contributed by atoms with van der Waals surface area (Å²) >= 11 is 0. The summed E-state index contributed by atoms with van der Waals surface area (Å²) in [5, 5.41) is 12.0. The minimum absolute atomic E-state index is 0.00141. The first-order valence-corrected chi connectivity index (χ1v) is 7.31. The second-order valence-corrected chi connectivity index (χ2v) is 4.94. The molecule has 0 bridgehead atoms. The summed E-state index contributed by atoms with van der Waals surface area (Å²) in [6.07, 6.45) is 5.23. The maximum atomic E-state index is 12.1. The average Bonchev–Trinajstić information content (AvgIpc) is 3.11. The van der Waals surface area contributed by atoms with E-state index in [4.69, 9.17) is 9.84 Å². The molecule has 2 atom stereocenters. The van der Waals surface area contributed by atoms with Gasteiger partial charge in [0.2, 0.25) is 0 Å². The highest BCUT2D eigenvalue weighted by atomic mass is 16.5. The van der Waals surface area contributed by atoms with Crippen molar-refractivity contribution in [2.24, 2.45) is 4.99 Å². The molecule has 2 rings (SSSR count). The van der Waals surface area contributed by atoms with Crippen LogP contribution in [0.15, 0.2) is 11.3 Å². The van der Waals surface area contributed by atoms with Gasteiger partial charge in [0.15, 0.2) is 11.5 Å². The molecule has 1 aromatic heterocycles. The molecule has 1 aliphatic heterocycles. The lowest BCUT2D eigenvalue weighted by Gasteiger charge is -2.15. The van der Waals surface area contributed by atoms with Crippen molar-refractivity contribution in [3.63, 3.8) is 0 Å². The number of aliphatic hydroxyl groups is 1. The van der Waals surface area contributed by atoms with E-state index >= 15 is 0 Å². The number of aliphatic imine (C=N–C) groups is 1. The van der Waals surface area contributed by atoms with Crippen LogP contribution in [0, 0.1) is 0 Å². The Morgan fingerprint density at radius 3 is 3.10 bits per heavy atom. The van der Waals surface area contributed by atoms with E-state index in [1.54, 1.807) is 24.0 Å². The van der Waals surface area contributed by atoms with Gasteiger partial charge >= 0.3 is 0 Å². The quantitative estimate of drug-likeness (QED) is 0.776. The van der Waals surface area contributed by atoms with E-state index in [1.807, 2.05) is 6.92 Å². The van der Waals surface area contributed by atoms with E-state index < -0.39 is 0 Å². The Bertz CT molecular complexity index is 512. The zero-order valence-electron chi connectivity index (χ0n) is 12.5. The van der Waals surface area contributed by atoms with Gasteiger partial charge in [0.1, 0.15) is 6.23 Å². The molecule has 2 N–H and O–H groups in total. The highest BCUT2D eigenvalue weighted by Crippen LogP contribution is 2.32. The molecular formula is C14H22N4O3. The van der Waals surface area contributed by atoms with Crippen LogP contribution in [0.25, 0.3) is 0 Å². The third-order valence-corrected chi connectivity index (χ3v) is 3.37. The first kappa shape index (κ1) is 15.7. The van der Waals surface area contributed by atoms with E-state index in [2.05, 4.69) is 15.3 Å². The Morgan fingerprint density at radius 1 is 1.67 bits per heavy atom. The van der Waals surface area contributed by atoms with Gasteiger partial charge in [0.05, 0.1) is 19.0 Å². The fourth-order valence-electron chi connectivity index (χ4n) is 2.32. The summed E-state index contributed by atoms with van der Waals surface area (Å²) in [4.78, 5) is 20.5. The van der Waals surface area contributed by atoms with Crippen LogP contribution < -0.4 is 5.32 Å². The zero-order valence-corrected chi connectivity index (χ0v) is 12.5. The standard InChI is InChI=1S/C14H22N4O3/c1-3-7-16-14(20)12-13(15-4-2)18(9-17-12)11-6-5-10(8-19)21-11/h4,9-11,19H,3,5-8H2,1-2H3,(H,16,20)/b15-4-/t10?,11-/m1/s1. The molecule has 1 amide bonds. The predicted octanol–water partition coefficient (Wildman–Crippen LogP) is 1.41. The van der Waals surface area contributed by atoms with Crippen LogP contribution in [0.4, 0.5) is 5.82 Å². The van der Waals surface area contributed by atoms with Crippen LogP contribution in [0.3, 0.4) is 0 Å². The molecule has 7 nitrogen and oxygen atoms in total. The summed E-state index contributed by atoms with van der Waals surface area (Å²) in [6, 6.07) is 0. The number of carbonyl (C=O) groups excluding carboxylic acids is 1. The Kier molecular flexibility index (Phi) is 5.46. The van der Waals surface area contributed by atoms with Crippen molar-refractivity contribution in [2.75, 3.05) is 13.2 Å². The van der Waals surface area contributed by atoms with Crippen LogP contribution in [0.2, 0.25) is 0 Å². The maximum absolute atomic E-state index is 12.1. The average molecular weight is 294 g/mol. The van der Waals surface area contributed by atoms with Crippen LogP contribution in [0.1, 0.15) is 49.8 Å². The van der Waals surface area contributed by atoms with Gasteiger partial charge in [-0.2, -0.15) is 0 Å². The molecule has 1 aromatic rings. The van der Waals surface area contributed by atoms with Crippen molar-refractivity contribution in [1.82, 2.24) is 14.9 Å². The number of nitrogens with zero attached hydrogens (tertiary/aromatic N) is 3. The molecule has 21 heavy (non-hydrogen) atoms. The summed E-state index contributed by atoms with van der Waals surface area (Å²) in [7, 11) is 0. The molecule has 7 heteroatoms. The minimum Gasteiger partial charge on any atom is -0.394 e. The lowest BCUT2D eigenvalue weighted by molar-refractivity contribution is -0.0215. The van der Waals surface area contributed by atoms with Crippen molar-refractivity contribution in [3.05, 3.63) is 12.0 Å². The Balaban J connectivity index is 2.22. The second kappa shape index (κ2) is 7.33. The van der Waals surface area contributed by atoms with E-state index in [9.17, 15) is 4.79 Å². The number of aromatic nitrogens is 2. The number of ether oxygens (including phenoxy) is 1. The van der Waals surface area contributed by atoms with Gasteiger partial charge in [0.25, 0.3) is 5.91 Å². The van der Waals surface area contributed by atoms with Crippen LogP contribution in [-0.4, -0.2) is 46.0 Å². The topological polar surface area (TPSA) is 88.7 Å².